The minimum Gasteiger partial charge on any atom is -0.496 e. The number of hydrogen-bond acceptors (Lipinski definition) is 8. The van der Waals surface area contributed by atoms with E-state index >= 15 is 0 Å². The van der Waals surface area contributed by atoms with Gasteiger partial charge >= 0.3 is 6.03 Å². The Kier molecular flexibility index (Phi) is 6.05. The molecule has 5 N–H and O–H groups in total. The maximum absolute atomic E-state index is 14.5. The topological polar surface area (TPSA) is 162 Å². The van der Waals surface area contributed by atoms with Gasteiger partial charge in [0.1, 0.15) is 17.3 Å². The van der Waals surface area contributed by atoms with Crippen LogP contribution in [0.15, 0.2) is 42.6 Å². The van der Waals surface area contributed by atoms with Gasteiger partial charge in [-0.05, 0) is 41.6 Å². The second kappa shape index (κ2) is 9.49. The molecule has 2 aromatic carbocycles. The number of rotatable bonds is 6. The second-order valence-corrected chi connectivity index (χ2v) is 7.78. The van der Waals surface area contributed by atoms with Crippen molar-refractivity contribution in [3.05, 3.63) is 54.2 Å². The van der Waals surface area contributed by atoms with Gasteiger partial charge in [-0.3, -0.25) is 5.32 Å². The van der Waals surface area contributed by atoms with E-state index < -0.39 is 17.7 Å². The minimum atomic E-state index is -1.11. The number of hydrogen-bond donors (Lipinski definition) is 4. The fourth-order valence-corrected chi connectivity index (χ4v) is 3.78. The monoisotopic (exact) mass is 506 g/mol. The van der Waals surface area contributed by atoms with Crippen LogP contribution < -0.4 is 21.1 Å². The first kappa shape index (κ1) is 23.6. The van der Waals surface area contributed by atoms with Crippen molar-refractivity contribution in [3.63, 3.8) is 0 Å². The number of aromatic amines is 1. The summed E-state index contributed by atoms with van der Waals surface area (Å²) < 4.78 is 35.0. The molecule has 0 atom stereocenters. The number of fused-ring (bicyclic) bond motifs is 1. The average molecular weight is 506 g/mol. The van der Waals surface area contributed by atoms with E-state index in [0.717, 1.165) is 10.7 Å². The summed E-state index contributed by atoms with van der Waals surface area (Å²) in [4.78, 5) is 23.6. The molecule has 0 saturated carbocycles. The van der Waals surface area contributed by atoms with Gasteiger partial charge in [0, 0.05) is 29.9 Å². The van der Waals surface area contributed by atoms with Gasteiger partial charge in [-0.2, -0.15) is 4.68 Å². The van der Waals surface area contributed by atoms with Crippen molar-refractivity contribution >= 4 is 28.8 Å². The Hall–Kier alpha value is -5.14. The third-order valence-corrected chi connectivity index (χ3v) is 5.47. The third kappa shape index (κ3) is 4.35. The number of imidazole rings is 1. The van der Waals surface area contributed by atoms with E-state index in [2.05, 4.69) is 41.1 Å². The molecule has 0 saturated heterocycles. The molecule has 5 rings (SSSR count). The summed E-state index contributed by atoms with van der Waals surface area (Å²) >= 11 is 0. The predicted molar refractivity (Wildman–Crippen MR) is 131 cm³/mol. The largest absolute Gasteiger partial charge is 0.496 e. The van der Waals surface area contributed by atoms with Gasteiger partial charge in [-0.15, -0.1) is 5.10 Å². The lowest BCUT2D eigenvalue weighted by Crippen LogP contribution is -2.28. The molecule has 37 heavy (non-hydrogen) atoms. The van der Waals surface area contributed by atoms with Crippen molar-refractivity contribution in [1.29, 1.82) is 0 Å². The van der Waals surface area contributed by atoms with Crippen LogP contribution in [0.5, 0.6) is 5.75 Å². The SMILES string of the molecule is CCNC(=O)Nc1nc2cc(-c3cnc(N)c(-c4nnnn4-c4cccc(F)c4F)c3)c(OC)cc2[nH]1. The molecule has 3 heterocycles. The number of nitrogen functional groups attached to an aromatic ring is 1. The van der Waals surface area contributed by atoms with Gasteiger partial charge in [0.2, 0.25) is 5.95 Å². The molecule has 0 aliphatic rings. The quantitative estimate of drug-likeness (QED) is 0.273. The molecule has 14 heteroatoms. The highest BCUT2D eigenvalue weighted by Crippen LogP contribution is 2.36. The Morgan fingerprint density at radius 1 is 1.22 bits per heavy atom. The average Bonchev–Trinajstić information content (AvgIpc) is 3.51. The first-order valence-corrected chi connectivity index (χ1v) is 11.0. The first-order valence-electron chi connectivity index (χ1n) is 11.0. The summed E-state index contributed by atoms with van der Waals surface area (Å²) in [5.74, 6) is -1.28. The van der Waals surface area contributed by atoms with E-state index in [-0.39, 0.29) is 28.8 Å². The molecular weight excluding hydrogens is 486 g/mol. The molecule has 2 amide bonds. The Morgan fingerprint density at radius 2 is 2.05 bits per heavy atom. The molecule has 5 aromatic rings. The van der Waals surface area contributed by atoms with Gasteiger partial charge in [0.15, 0.2) is 17.5 Å². The van der Waals surface area contributed by atoms with Crippen molar-refractivity contribution in [3.8, 4) is 34.0 Å². The first-order chi connectivity index (χ1) is 17.9. The number of urea groups is 1. The molecule has 0 unspecified atom stereocenters. The summed E-state index contributed by atoms with van der Waals surface area (Å²) in [5, 5.41) is 16.6. The summed E-state index contributed by atoms with van der Waals surface area (Å²) in [6.07, 6.45) is 1.53. The summed E-state index contributed by atoms with van der Waals surface area (Å²) in [6.45, 7) is 2.27. The Bertz CT molecular complexity index is 1630. The highest BCUT2D eigenvalue weighted by Gasteiger charge is 2.21. The van der Waals surface area contributed by atoms with Crippen LogP contribution in [0.1, 0.15) is 6.92 Å². The van der Waals surface area contributed by atoms with Crippen LogP contribution in [-0.4, -0.2) is 54.8 Å². The fraction of sp³-hybridized carbons (Fsp3) is 0.130. The van der Waals surface area contributed by atoms with Crippen LogP contribution in [0.2, 0.25) is 0 Å². The highest BCUT2D eigenvalue weighted by molar-refractivity contribution is 5.92. The summed E-state index contributed by atoms with van der Waals surface area (Å²) in [6, 6.07) is 8.42. The van der Waals surface area contributed by atoms with E-state index in [4.69, 9.17) is 10.5 Å². The smallest absolute Gasteiger partial charge is 0.321 e. The Balaban J connectivity index is 1.59. The van der Waals surface area contributed by atoms with Crippen molar-refractivity contribution in [1.82, 2.24) is 40.5 Å². The number of aromatic nitrogens is 7. The van der Waals surface area contributed by atoms with Crippen molar-refractivity contribution in [2.75, 3.05) is 24.7 Å². The van der Waals surface area contributed by atoms with Crippen LogP contribution in [0.25, 0.3) is 39.2 Å². The number of H-pyrrole nitrogens is 1. The molecule has 12 nitrogen and oxygen atoms in total. The van der Waals surface area contributed by atoms with Gasteiger partial charge in [-0.25, -0.2) is 23.5 Å². The normalized spacial score (nSPS) is 11.0. The number of pyridine rings is 1. The lowest BCUT2D eigenvalue weighted by Gasteiger charge is -2.12. The molecule has 188 valence electrons. The minimum absolute atomic E-state index is 0.0598. The lowest BCUT2D eigenvalue weighted by atomic mass is 10.0. The zero-order valence-electron chi connectivity index (χ0n) is 19.6. The Labute approximate surface area is 207 Å². The van der Waals surface area contributed by atoms with E-state index in [9.17, 15) is 13.6 Å². The van der Waals surface area contributed by atoms with Crippen LogP contribution in [-0.2, 0) is 0 Å². The number of nitrogens with two attached hydrogens (primary N) is 1. The summed E-state index contributed by atoms with van der Waals surface area (Å²) in [5.41, 5.74) is 8.58. The molecule has 0 fully saturated rings. The number of nitrogens with zero attached hydrogens (tertiary/aromatic N) is 6. The Morgan fingerprint density at radius 3 is 2.84 bits per heavy atom. The van der Waals surface area contributed by atoms with E-state index in [1.165, 1.54) is 25.4 Å². The zero-order valence-corrected chi connectivity index (χ0v) is 19.6. The van der Waals surface area contributed by atoms with Crippen molar-refractivity contribution in [2.24, 2.45) is 0 Å². The molecule has 3 aromatic heterocycles. The standard InChI is InChI=1S/C23H20F2N10O2/c1-3-27-23(36)31-22-29-15-8-12(18(37-2)9-16(15)30-22)11-7-13(20(26)28-10-11)21-32-33-34-35(21)17-6-4-5-14(24)19(17)25/h4-10H,3H2,1-2H3,(H2,26,28)(H3,27,29,30,31,36). The third-order valence-electron chi connectivity index (χ3n) is 5.47. The van der Waals surface area contributed by atoms with Crippen LogP contribution in [0.3, 0.4) is 0 Å². The molecule has 0 radical (unpaired) electrons. The number of anilines is 2. The number of ether oxygens (including phenoxy) is 1. The molecule has 0 aliphatic carbocycles. The van der Waals surface area contributed by atoms with Crippen LogP contribution in [0.4, 0.5) is 25.3 Å². The number of halogens is 2. The number of carbonyl (C=O) groups is 1. The van der Waals surface area contributed by atoms with E-state index in [1.54, 1.807) is 25.1 Å². The number of carbonyl (C=O) groups excluding carboxylic acids is 1. The maximum atomic E-state index is 14.5. The number of nitrogens with one attached hydrogen (secondary N) is 3. The van der Waals surface area contributed by atoms with Crippen LogP contribution >= 0.6 is 0 Å². The number of tetrazole rings is 1. The van der Waals surface area contributed by atoms with Crippen molar-refractivity contribution in [2.45, 2.75) is 6.92 Å². The van der Waals surface area contributed by atoms with E-state index in [1.807, 2.05) is 0 Å². The number of methoxy groups -OCH3 is 1. The molecule has 0 aliphatic heterocycles. The molecule has 0 spiro atoms. The van der Waals surface area contributed by atoms with Crippen LogP contribution in [0, 0.1) is 11.6 Å². The van der Waals surface area contributed by atoms with Gasteiger partial charge in [0.05, 0.1) is 23.7 Å². The second-order valence-electron chi connectivity index (χ2n) is 7.78. The maximum Gasteiger partial charge on any atom is 0.321 e. The predicted octanol–water partition coefficient (Wildman–Crippen LogP) is 3.28. The molecule has 0 bridgehead atoms. The van der Waals surface area contributed by atoms with Gasteiger partial charge in [-0.1, -0.05) is 6.07 Å². The van der Waals surface area contributed by atoms with Gasteiger partial charge < -0.3 is 20.8 Å². The lowest BCUT2D eigenvalue weighted by molar-refractivity contribution is 0.252. The zero-order chi connectivity index (χ0) is 26.1. The van der Waals surface area contributed by atoms with Crippen molar-refractivity contribution < 1.29 is 18.3 Å². The fourth-order valence-electron chi connectivity index (χ4n) is 3.78. The van der Waals surface area contributed by atoms with E-state index in [0.29, 0.717) is 34.5 Å². The number of amides is 2. The molecular formula is C23H20F2N10O2. The van der Waals surface area contributed by atoms with Gasteiger partial charge in [0.25, 0.3) is 0 Å². The highest BCUT2D eigenvalue weighted by atomic mass is 19.2. The summed E-state index contributed by atoms with van der Waals surface area (Å²) in [7, 11) is 1.51. The number of benzene rings is 2.